The number of rotatable bonds is 6. The molecule has 0 fully saturated rings. The SMILES string of the molecule is CC(C)NCc1ccc(OCc2ncc(Cl)n2C)c(Cl)c1. The molecule has 2 rings (SSSR count). The Bertz CT molecular complexity index is 611. The summed E-state index contributed by atoms with van der Waals surface area (Å²) < 4.78 is 7.48. The molecule has 0 aliphatic carbocycles. The third-order valence-electron chi connectivity index (χ3n) is 3.10. The zero-order valence-corrected chi connectivity index (χ0v) is 13.9. The van der Waals surface area contributed by atoms with Crippen molar-refractivity contribution in [1.29, 1.82) is 0 Å². The van der Waals surface area contributed by atoms with Crippen LogP contribution in [0.15, 0.2) is 24.4 Å². The summed E-state index contributed by atoms with van der Waals surface area (Å²) in [7, 11) is 1.84. The molecular weight excluding hydrogens is 309 g/mol. The zero-order valence-electron chi connectivity index (χ0n) is 12.4. The van der Waals surface area contributed by atoms with Crippen LogP contribution in [0.1, 0.15) is 25.2 Å². The molecule has 0 unspecified atom stereocenters. The van der Waals surface area contributed by atoms with Crippen LogP contribution in [0.25, 0.3) is 0 Å². The van der Waals surface area contributed by atoms with Crippen LogP contribution in [0.3, 0.4) is 0 Å². The quantitative estimate of drug-likeness (QED) is 0.876. The molecule has 0 saturated heterocycles. The van der Waals surface area contributed by atoms with E-state index in [1.807, 2.05) is 25.2 Å². The summed E-state index contributed by atoms with van der Waals surface area (Å²) in [6.07, 6.45) is 1.60. The van der Waals surface area contributed by atoms with Crippen LogP contribution in [0.5, 0.6) is 5.75 Å². The molecule has 1 N–H and O–H groups in total. The second-order valence-electron chi connectivity index (χ2n) is 5.15. The Labute approximate surface area is 135 Å². The molecule has 1 aromatic heterocycles. The van der Waals surface area contributed by atoms with Gasteiger partial charge in [0.15, 0.2) is 0 Å². The molecule has 6 heteroatoms. The van der Waals surface area contributed by atoms with E-state index in [0.717, 1.165) is 17.9 Å². The molecule has 4 nitrogen and oxygen atoms in total. The van der Waals surface area contributed by atoms with Gasteiger partial charge in [-0.25, -0.2) is 4.98 Å². The van der Waals surface area contributed by atoms with Crippen molar-refractivity contribution in [3.05, 3.63) is 46.0 Å². The highest BCUT2D eigenvalue weighted by Crippen LogP contribution is 2.26. The van der Waals surface area contributed by atoms with Crippen molar-refractivity contribution in [3.63, 3.8) is 0 Å². The summed E-state index contributed by atoms with van der Waals surface area (Å²) in [5.74, 6) is 1.39. The van der Waals surface area contributed by atoms with Crippen molar-refractivity contribution < 1.29 is 4.74 Å². The highest BCUT2D eigenvalue weighted by atomic mass is 35.5. The van der Waals surface area contributed by atoms with Gasteiger partial charge in [-0.3, -0.25) is 0 Å². The molecule has 0 spiro atoms. The van der Waals surface area contributed by atoms with E-state index in [0.29, 0.717) is 28.6 Å². The van der Waals surface area contributed by atoms with Crippen molar-refractivity contribution in [2.75, 3.05) is 0 Å². The predicted molar refractivity (Wildman–Crippen MR) is 86.0 cm³/mol. The minimum Gasteiger partial charge on any atom is -0.484 e. The van der Waals surface area contributed by atoms with Crippen LogP contribution >= 0.6 is 23.2 Å². The lowest BCUT2D eigenvalue weighted by molar-refractivity contribution is 0.292. The maximum atomic E-state index is 6.25. The molecule has 0 aliphatic rings. The maximum absolute atomic E-state index is 6.25. The van der Waals surface area contributed by atoms with E-state index < -0.39 is 0 Å². The fraction of sp³-hybridized carbons (Fsp3) is 0.400. The lowest BCUT2D eigenvalue weighted by Gasteiger charge is -2.11. The lowest BCUT2D eigenvalue weighted by Crippen LogP contribution is -2.21. The van der Waals surface area contributed by atoms with E-state index in [1.54, 1.807) is 10.8 Å². The number of ether oxygens (including phenoxy) is 1. The number of benzene rings is 1. The van der Waals surface area contributed by atoms with Crippen LogP contribution in [-0.4, -0.2) is 15.6 Å². The third-order valence-corrected chi connectivity index (χ3v) is 3.74. The number of nitrogens with zero attached hydrogens (tertiary/aromatic N) is 2. The standard InChI is InChI=1S/C15H19Cl2N3O/c1-10(2)18-7-11-4-5-13(12(16)6-11)21-9-15-19-8-14(17)20(15)3/h4-6,8,10,18H,7,9H2,1-3H3. The highest BCUT2D eigenvalue weighted by Gasteiger charge is 2.08. The summed E-state index contributed by atoms with van der Waals surface area (Å²) in [5, 5.41) is 4.52. The van der Waals surface area contributed by atoms with Gasteiger partial charge in [-0.1, -0.05) is 43.1 Å². The van der Waals surface area contributed by atoms with Gasteiger partial charge >= 0.3 is 0 Å². The number of hydrogen-bond acceptors (Lipinski definition) is 3. The fourth-order valence-electron chi connectivity index (χ4n) is 1.79. The van der Waals surface area contributed by atoms with Crippen LogP contribution in [0, 0.1) is 0 Å². The number of aromatic nitrogens is 2. The minimum absolute atomic E-state index is 0.326. The van der Waals surface area contributed by atoms with Gasteiger partial charge in [0.2, 0.25) is 0 Å². The first kappa shape index (κ1) is 16.1. The topological polar surface area (TPSA) is 39.1 Å². The second-order valence-corrected chi connectivity index (χ2v) is 5.94. The average Bonchev–Trinajstić information content (AvgIpc) is 2.75. The minimum atomic E-state index is 0.326. The van der Waals surface area contributed by atoms with Crippen LogP contribution < -0.4 is 10.1 Å². The van der Waals surface area contributed by atoms with E-state index in [1.165, 1.54) is 0 Å². The van der Waals surface area contributed by atoms with Gasteiger partial charge in [-0.15, -0.1) is 0 Å². The summed E-state index contributed by atoms with van der Waals surface area (Å²) in [6.45, 7) is 5.33. The summed E-state index contributed by atoms with van der Waals surface area (Å²) >= 11 is 12.2. The second kappa shape index (κ2) is 7.16. The molecule has 114 valence electrons. The van der Waals surface area contributed by atoms with E-state index in [-0.39, 0.29) is 0 Å². The van der Waals surface area contributed by atoms with E-state index in [2.05, 4.69) is 24.1 Å². The third kappa shape index (κ3) is 4.37. The van der Waals surface area contributed by atoms with Gasteiger partial charge in [0.1, 0.15) is 23.3 Å². The van der Waals surface area contributed by atoms with Gasteiger partial charge in [-0.2, -0.15) is 0 Å². The Morgan fingerprint density at radius 2 is 2.10 bits per heavy atom. The molecule has 1 heterocycles. The molecule has 0 radical (unpaired) electrons. The molecule has 0 aliphatic heterocycles. The summed E-state index contributed by atoms with van der Waals surface area (Å²) in [6, 6.07) is 6.23. The molecule has 1 aromatic carbocycles. The van der Waals surface area contributed by atoms with E-state index in [4.69, 9.17) is 27.9 Å². The normalized spacial score (nSPS) is 11.1. The molecular formula is C15H19Cl2N3O. The van der Waals surface area contributed by atoms with Crippen molar-refractivity contribution in [2.45, 2.75) is 33.0 Å². The first-order valence-electron chi connectivity index (χ1n) is 6.78. The van der Waals surface area contributed by atoms with E-state index >= 15 is 0 Å². The van der Waals surface area contributed by atoms with Crippen molar-refractivity contribution >= 4 is 23.2 Å². The van der Waals surface area contributed by atoms with E-state index in [9.17, 15) is 0 Å². The highest BCUT2D eigenvalue weighted by molar-refractivity contribution is 6.32. The first-order chi connectivity index (χ1) is 9.97. The van der Waals surface area contributed by atoms with Crippen molar-refractivity contribution in [2.24, 2.45) is 7.05 Å². The summed E-state index contributed by atoms with van der Waals surface area (Å²) in [4.78, 5) is 4.18. The Hall–Kier alpha value is -1.23. The van der Waals surface area contributed by atoms with Crippen LogP contribution in [-0.2, 0) is 20.2 Å². The van der Waals surface area contributed by atoms with Gasteiger partial charge < -0.3 is 14.6 Å². The van der Waals surface area contributed by atoms with Gasteiger partial charge in [0.25, 0.3) is 0 Å². The van der Waals surface area contributed by atoms with Crippen LogP contribution in [0.4, 0.5) is 0 Å². The fourth-order valence-corrected chi connectivity index (χ4v) is 2.20. The van der Waals surface area contributed by atoms with Gasteiger partial charge in [-0.05, 0) is 17.7 Å². The number of nitrogens with one attached hydrogen (secondary N) is 1. The molecule has 0 amide bonds. The lowest BCUT2D eigenvalue weighted by atomic mass is 10.2. The van der Waals surface area contributed by atoms with Crippen molar-refractivity contribution in [1.82, 2.24) is 14.9 Å². The Kier molecular flexibility index (Phi) is 5.51. The Balaban J connectivity index is 1.99. The number of imidazole rings is 1. The van der Waals surface area contributed by atoms with Crippen molar-refractivity contribution in [3.8, 4) is 5.75 Å². The molecule has 0 saturated carbocycles. The molecule has 0 bridgehead atoms. The monoisotopic (exact) mass is 327 g/mol. The molecule has 2 aromatic rings. The number of hydrogen-bond donors (Lipinski definition) is 1. The first-order valence-corrected chi connectivity index (χ1v) is 7.53. The molecule has 0 atom stereocenters. The Morgan fingerprint density at radius 3 is 2.67 bits per heavy atom. The largest absolute Gasteiger partial charge is 0.484 e. The number of halogens is 2. The average molecular weight is 328 g/mol. The Morgan fingerprint density at radius 1 is 1.33 bits per heavy atom. The van der Waals surface area contributed by atoms with Crippen LogP contribution in [0.2, 0.25) is 10.2 Å². The summed E-state index contributed by atoms with van der Waals surface area (Å²) in [5.41, 5.74) is 1.13. The smallest absolute Gasteiger partial charge is 0.147 e. The predicted octanol–water partition coefficient (Wildman–Crippen LogP) is 3.80. The van der Waals surface area contributed by atoms with Gasteiger partial charge in [0, 0.05) is 19.6 Å². The maximum Gasteiger partial charge on any atom is 0.147 e. The zero-order chi connectivity index (χ0) is 15.4. The van der Waals surface area contributed by atoms with Gasteiger partial charge in [0.05, 0.1) is 11.2 Å². The molecule has 21 heavy (non-hydrogen) atoms.